The van der Waals surface area contributed by atoms with E-state index < -0.39 is 0 Å². The third-order valence-electron chi connectivity index (χ3n) is 2.20. The van der Waals surface area contributed by atoms with E-state index in [1.165, 1.54) is 5.56 Å². The summed E-state index contributed by atoms with van der Waals surface area (Å²) in [6.07, 6.45) is 1.79. The minimum absolute atomic E-state index is 0.526. The van der Waals surface area contributed by atoms with Crippen molar-refractivity contribution < 1.29 is 0 Å². The first-order chi connectivity index (χ1) is 7.16. The lowest BCUT2D eigenvalue weighted by Gasteiger charge is -2.05. The Morgan fingerprint density at radius 2 is 2.07 bits per heavy atom. The summed E-state index contributed by atoms with van der Waals surface area (Å²) < 4.78 is 0.973. The predicted molar refractivity (Wildman–Crippen MR) is 66.5 cm³/mol. The van der Waals surface area contributed by atoms with Gasteiger partial charge < -0.3 is 5.73 Å². The Kier molecular flexibility index (Phi) is 2.73. The number of rotatable bonds is 1. The lowest BCUT2D eigenvalue weighted by Crippen LogP contribution is -1.90. The van der Waals surface area contributed by atoms with Crippen LogP contribution in [-0.2, 0) is 0 Å². The van der Waals surface area contributed by atoms with Crippen molar-refractivity contribution in [2.24, 2.45) is 0 Å². The van der Waals surface area contributed by atoms with Crippen LogP contribution in [0.3, 0.4) is 0 Å². The fraction of sp³-hybridized carbons (Fsp3) is 0.0833. The molecule has 2 rings (SSSR count). The molecule has 76 valence electrons. The largest absolute Gasteiger partial charge is 0.384 e. The molecule has 0 bridgehead atoms. The number of nitrogen functional groups attached to an aromatic ring is 1. The van der Waals surface area contributed by atoms with Crippen LogP contribution in [-0.4, -0.2) is 4.98 Å². The molecule has 0 fully saturated rings. The van der Waals surface area contributed by atoms with E-state index in [-0.39, 0.29) is 0 Å². The van der Waals surface area contributed by atoms with Crippen molar-refractivity contribution in [2.75, 3.05) is 5.73 Å². The summed E-state index contributed by atoms with van der Waals surface area (Å²) >= 11 is 3.49. The SMILES string of the molecule is Cc1cccc(-c2cnc(N)cc2Br)c1. The fourth-order valence-corrected chi connectivity index (χ4v) is 2.04. The molecule has 1 heterocycles. The number of pyridine rings is 1. The molecule has 0 aliphatic rings. The highest BCUT2D eigenvalue weighted by Crippen LogP contribution is 2.28. The van der Waals surface area contributed by atoms with E-state index in [9.17, 15) is 0 Å². The van der Waals surface area contributed by atoms with Gasteiger partial charge >= 0.3 is 0 Å². The quantitative estimate of drug-likeness (QED) is 0.856. The summed E-state index contributed by atoms with van der Waals surface area (Å²) in [5.41, 5.74) is 9.04. The van der Waals surface area contributed by atoms with Crippen LogP contribution in [0, 0.1) is 6.92 Å². The standard InChI is InChI=1S/C12H11BrN2/c1-8-3-2-4-9(5-8)10-7-15-12(14)6-11(10)13/h2-7H,1H3,(H2,14,15). The van der Waals surface area contributed by atoms with Gasteiger partial charge in [0.05, 0.1) is 0 Å². The average molecular weight is 263 g/mol. The van der Waals surface area contributed by atoms with Crippen molar-refractivity contribution in [1.82, 2.24) is 4.98 Å². The van der Waals surface area contributed by atoms with Crippen molar-refractivity contribution in [3.63, 3.8) is 0 Å². The zero-order valence-electron chi connectivity index (χ0n) is 8.37. The number of nitrogens with zero attached hydrogens (tertiary/aromatic N) is 1. The zero-order chi connectivity index (χ0) is 10.8. The van der Waals surface area contributed by atoms with Crippen LogP contribution in [0.5, 0.6) is 0 Å². The molecule has 0 radical (unpaired) electrons. The molecule has 1 aromatic carbocycles. The van der Waals surface area contributed by atoms with Gasteiger partial charge in [-0.05, 0) is 34.5 Å². The van der Waals surface area contributed by atoms with Crippen LogP contribution in [0.4, 0.5) is 5.82 Å². The van der Waals surface area contributed by atoms with Crippen LogP contribution in [0.25, 0.3) is 11.1 Å². The Morgan fingerprint density at radius 1 is 1.27 bits per heavy atom. The first-order valence-electron chi connectivity index (χ1n) is 4.65. The molecule has 0 saturated heterocycles. The molecule has 2 nitrogen and oxygen atoms in total. The topological polar surface area (TPSA) is 38.9 Å². The smallest absolute Gasteiger partial charge is 0.124 e. The Morgan fingerprint density at radius 3 is 2.73 bits per heavy atom. The second-order valence-corrected chi connectivity index (χ2v) is 4.31. The third kappa shape index (κ3) is 2.18. The van der Waals surface area contributed by atoms with Crippen LogP contribution in [0.1, 0.15) is 5.56 Å². The van der Waals surface area contributed by atoms with Crippen molar-refractivity contribution in [3.05, 3.63) is 46.6 Å². The number of anilines is 1. The molecule has 0 aliphatic heterocycles. The Bertz CT molecular complexity index is 495. The predicted octanol–water partition coefficient (Wildman–Crippen LogP) is 3.40. The number of halogens is 1. The van der Waals surface area contributed by atoms with E-state index in [2.05, 4.69) is 46.0 Å². The number of benzene rings is 1. The highest BCUT2D eigenvalue weighted by molar-refractivity contribution is 9.10. The molecule has 1 aromatic heterocycles. The second kappa shape index (κ2) is 4.03. The minimum atomic E-state index is 0.526. The van der Waals surface area contributed by atoms with Gasteiger partial charge in [0.25, 0.3) is 0 Å². The molecule has 2 aromatic rings. The highest BCUT2D eigenvalue weighted by atomic mass is 79.9. The summed E-state index contributed by atoms with van der Waals surface area (Å²) in [5.74, 6) is 0.526. The molecule has 0 amide bonds. The molecule has 0 atom stereocenters. The maximum Gasteiger partial charge on any atom is 0.124 e. The van der Waals surface area contributed by atoms with Gasteiger partial charge in [0, 0.05) is 16.2 Å². The molecule has 15 heavy (non-hydrogen) atoms. The van der Waals surface area contributed by atoms with Gasteiger partial charge in [-0.25, -0.2) is 4.98 Å². The van der Waals surface area contributed by atoms with Crippen LogP contribution >= 0.6 is 15.9 Å². The van der Waals surface area contributed by atoms with Gasteiger partial charge in [0.2, 0.25) is 0 Å². The van der Waals surface area contributed by atoms with Gasteiger partial charge in [-0.1, -0.05) is 29.8 Å². The average Bonchev–Trinajstić information content (AvgIpc) is 2.17. The Labute approximate surface area is 97.3 Å². The molecule has 0 aliphatic carbocycles. The maximum absolute atomic E-state index is 5.59. The highest BCUT2D eigenvalue weighted by Gasteiger charge is 2.03. The number of nitrogens with two attached hydrogens (primary N) is 1. The van der Waals surface area contributed by atoms with E-state index in [0.717, 1.165) is 15.6 Å². The third-order valence-corrected chi connectivity index (χ3v) is 2.86. The number of aryl methyl sites for hydroxylation is 1. The summed E-state index contributed by atoms with van der Waals surface area (Å²) in [7, 11) is 0. The summed E-state index contributed by atoms with van der Waals surface area (Å²) in [6.45, 7) is 2.07. The first kappa shape index (κ1) is 10.2. The van der Waals surface area contributed by atoms with E-state index in [4.69, 9.17) is 5.73 Å². The van der Waals surface area contributed by atoms with Crippen LogP contribution in [0.15, 0.2) is 41.0 Å². The molecule has 0 unspecified atom stereocenters. The van der Waals surface area contributed by atoms with E-state index in [1.54, 1.807) is 6.20 Å². The lowest BCUT2D eigenvalue weighted by atomic mass is 10.1. The summed E-state index contributed by atoms with van der Waals surface area (Å²) in [4.78, 5) is 4.09. The van der Waals surface area contributed by atoms with Gasteiger partial charge in [-0.3, -0.25) is 0 Å². The van der Waals surface area contributed by atoms with Gasteiger partial charge in [-0.2, -0.15) is 0 Å². The van der Waals surface area contributed by atoms with Crippen molar-refractivity contribution in [1.29, 1.82) is 0 Å². The van der Waals surface area contributed by atoms with E-state index >= 15 is 0 Å². The Hall–Kier alpha value is -1.35. The monoisotopic (exact) mass is 262 g/mol. The second-order valence-electron chi connectivity index (χ2n) is 3.46. The minimum Gasteiger partial charge on any atom is -0.384 e. The zero-order valence-corrected chi connectivity index (χ0v) is 9.95. The van der Waals surface area contributed by atoms with Crippen molar-refractivity contribution in [2.45, 2.75) is 6.92 Å². The molecular weight excluding hydrogens is 252 g/mol. The van der Waals surface area contributed by atoms with Gasteiger partial charge in [0.1, 0.15) is 5.82 Å². The van der Waals surface area contributed by atoms with Crippen LogP contribution < -0.4 is 5.73 Å². The lowest BCUT2D eigenvalue weighted by molar-refractivity contribution is 1.32. The number of aromatic nitrogens is 1. The molecule has 2 N–H and O–H groups in total. The first-order valence-corrected chi connectivity index (χ1v) is 5.44. The maximum atomic E-state index is 5.59. The van der Waals surface area contributed by atoms with Gasteiger partial charge in [0.15, 0.2) is 0 Å². The number of hydrogen-bond donors (Lipinski definition) is 1. The number of hydrogen-bond acceptors (Lipinski definition) is 2. The summed E-state index contributed by atoms with van der Waals surface area (Å²) in [5, 5.41) is 0. The normalized spacial score (nSPS) is 10.3. The van der Waals surface area contributed by atoms with E-state index in [0.29, 0.717) is 5.82 Å². The molecule has 0 spiro atoms. The Balaban J connectivity index is 2.54. The molecule has 3 heteroatoms. The van der Waals surface area contributed by atoms with Crippen LogP contribution in [0.2, 0.25) is 0 Å². The van der Waals surface area contributed by atoms with Crippen molar-refractivity contribution >= 4 is 21.7 Å². The fourth-order valence-electron chi connectivity index (χ4n) is 1.47. The van der Waals surface area contributed by atoms with E-state index in [1.807, 2.05) is 12.1 Å². The molecular formula is C12H11BrN2. The van der Waals surface area contributed by atoms with Gasteiger partial charge in [-0.15, -0.1) is 0 Å². The molecule has 0 saturated carbocycles. The van der Waals surface area contributed by atoms with Crippen molar-refractivity contribution in [3.8, 4) is 11.1 Å². The summed E-state index contributed by atoms with van der Waals surface area (Å²) in [6, 6.07) is 10.1.